The zero-order valence-electron chi connectivity index (χ0n) is 19.4. The summed E-state index contributed by atoms with van der Waals surface area (Å²) in [5.41, 5.74) is 1.81. The van der Waals surface area contributed by atoms with Crippen LogP contribution in [0.4, 0.5) is 9.59 Å². The summed E-state index contributed by atoms with van der Waals surface area (Å²) in [6.45, 7) is 3.21. The Kier molecular flexibility index (Phi) is 8.42. The number of hydroxylamine groups is 4. The second kappa shape index (κ2) is 11.7. The molecule has 0 radical (unpaired) electrons. The van der Waals surface area contributed by atoms with Crippen molar-refractivity contribution < 1.29 is 24.4 Å². The number of urea groups is 2. The number of amides is 4. The van der Waals surface area contributed by atoms with Gasteiger partial charge in [-0.1, -0.05) is 82.3 Å². The van der Waals surface area contributed by atoms with E-state index in [0.717, 1.165) is 21.3 Å². The molecule has 2 fully saturated rings. The maximum absolute atomic E-state index is 12.8. The number of carbonyl (C=O) groups is 3. The van der Waals surface area contributed by atoms with E-state index in [1.54, 1.807) is 31.4 Å². The van der Waals surface area contributed by atoms with Crippen molar-refractivity contribution in [2.45, 2.75) is 19.0 Å². The van der Waals surface area contributed by atoms with Gasteiger partial charge in [0, 0.05) is 38.1 Å². The van der Waals surface area contributed by atoms with Gasteiger partial charge >= 0.3 is 18.0 Å². The van der Waals surface area contributed by atoms with Gasteiger partial charge in [-0.15, -0.1) is 5.06 Å². The molecule has 2 heterocycles. The lowest BCUT2D eigenvalue weighted by Gasteiger charge is -2.20. The molecule has 0 aromatic heterocycles. The standard InChI is InChI=1S/C24H28N4O5S2/c1-18(29)33-28-22(20-10-6-3-7-11-20)17-26(24(28)31)13-15-35-34-14-12-25-16-21(27(32)23(25)30)19-8-4-2-5-9-19/h2-11,21-22,32H,12-17H2,1H3. The van der Waals surface area contributed by atoms with E-state index >= 15 is 0 Å². The van der Waals surface area contributed by atoms with Crippen LogP contribution in [0.2, 0.25) is 0 Å². The quantitative estimate of drug-likeness (QED) is 0.287. The molecular weight excluding hydrogens is 488 g/mol. The van der Waals surface area contributed by atoms with Gasteiger partial charge in [0.25, 0.3) is 0 Å². The van der Waals surface area contributed by atoms with Gasteiger partial charge in [-0.2, -0.15) is 5.06 Å². The molecule has 1 N–H and O–H groups in total. The molecule has 2 atom stereocenters. The molecule has 0 saturated carbocycles. The Morgan fingerprint density at radius 2 is 1.34 bits per heavy atom. The molecule has 2 saturated heterocycles. The fourth-order valence-electron chi connectivity index (χ4n) is 4.14. The van der Waals surface area contributed by atoms with E-state index in [1.807, 2.05) is 60.7 Å². The minimum atomic E-state index is -0.529. The smallest absolute Gasteiger partial charge is 0.336 e. The van der Waals surface area contributed by atoms with Crippen molar-refractivity contribution in [1.82, 2.24) is 19.9 Å². The molecule has 2 unspecified atom stereocenters. The Balaban J connectivity index is 1.21. The highest BCUT2D eigenvalue weighted by atomic mass is 33.1. The lowest BCUT2D eigenvalue weighted by atomic mass is 10.1. The summed E-state index contributed by atoms with van der Waals surface area (Å²) in [5, 5.41) is 12.2. The Bertz CT molecular complexity index is 1030. The lowest BCUT2D eigenvalue weighted by molar-refractivity contribution is -0.178. The third kappa shape index (κ3) is 6.03. The average molecular weight is 517 g/mol. The van der Waals surface area contributed by atoms with Gasteiger partial charge in [-0.05, 0) is 11.1 Å². The van der Waals surface area contributed by atoms with Gasteiger partial charge < -0.3 is 14.6 Å². The van der Waals surface area contributed by atoms with Gasteiger partial charge in [-0.25, -0.2) is 9.59 Å². The molecule has 2 aliphatic heterocycles. The number of nitrogens with zero attached hydrogens (tertiary/aromatic N) is 4. The van der Waals surface area contributed by atoms with E-state index in [9.17, 15) is 19.6 Å². The lowest BCUT2D eigenvalue weighted by Crippen LogP contribution is -2.34. The average Bonchev–Trinajstić information content (AvgIpc) is 3.33. The van der Waals surface area contributed by atoms with Gasteiger partial charge in [0.05, 0.1) is 6.54 Å². The number of hydrogen-bond acceptors (Lipinski definition) is 7. The highest BCUT2D eigenvalue weighted by Gasteiger charge is 2.40. The zero-order chi connectivity index (χ0) is 24.8. The van der Waals surface area contributed by atoms with Crippen molar-refractivity contribution in [1.29, 1.82) is 0 Å². The number of hydrogen-bond donors (Lipinski definition) is 1. The molecular formula is C24H28N4O5S2. The van der Waals surface area contributed by atoms with Crippen LogP contribution in [0.1, 0.15) is 30.1 Å². The first-order valence-electron chi connectivity index (χ1n) is 11.3. The maximum Gasteiger partial charge on any atom is 0.353 e. The van der Waals surface area contributed by atoms with E-state index in [4.69, 9.17) is 4.84 Å². The molecule has 4 amide bonds. The van der Waals surface area contributed by atoms with Crippen LogP contribution < -0.4 is 0 Å². The van der Waals surface area contributed by atoms with Crippen molar-refractivity contribution in [2.24, 2.45) is 0 Å². The molecule has 35 heavy (non-hydrogen) atoms. The van der Waals surface area contributed by atoms with Gasteiger partial charge in [0.2, 0.25) is 0 Å². The van der Waals surface area contributed by atoms with E-state index in [-0.39, 0.29) is 24.1 Å². The second-order valence-electron chi connectivity index (χ2n) is 8.21. The molecule has 186 valence electrons. The Morgan fingerprint density at radius 1 is 0.857 bits per heavy atom. The molecule has 9 nitrogen and oxygen atoms in total. The normalized spacial score (nSPS) is 20.2. The summed E-state index contributed by atoms with van der Waals surface area (Å²) in [6, 6.07) is 17.6. The second-order valence-corrected chi connectivity index (χ2v) is 10.9. The minimum Gasteiger partial charge on any atom is -0.336 e. The first-order chi connectivity index (χ1) is 17.0. The fraction of sp³-hybridized carbons (Fsp3) is 0.375. The SMILES string of the molecule is CC(=O)ON1C(=O)N(CCSSCCN2CC(c3ccccc3)N(O)C2=O)CC1c1ccccc1. The van der Waals surface area contributed by atoms with Gasteiger partial charge in [0.15, 0.2) is 0 Å². The van der Waals surface area contributed by atoms with E-state index in [0.29, 0.717) is 37.7 Å². The molecule has 0 aliphatic carbocycles. The fourth-order valence-corrected chi connectivity index (χ4v) is 6.12. The largest absolute Gasteiger partial charge is 0.353 e. The maximum atomic E-state index is 12.8. The minimum absolute atomic E-state index is 0.322. The van der Waals surface area contributed by atoms with Crippen molar-refractivity contribution in [3.8, 4) is 0 Å². The van der Waals surface area contributed by atoms with Crippen LogP contribution in [0, 0.1) is 0 Å². The molecule has 0 bridgehead atoms. The predicted molar refractivity (Wildman–Crippen MR) is 134 cm³/mol. The van der Waals surface area contributed by atoms with Crippen LogP contribution in [-0.4, -0.2) is 80.8 Å². The third-order valence-corrected chi connectivity index (χ3v) is 8.22. The van der Waals surface area contributed by atoms with Crippen LogP contribution in [0.15, 0.2) is 60.7 Å². The van der Waals surface area contributed by atoms with Crippen LogP contribution in [-0.2, 0) is 9.63 Å². The molecule has 0 spiro atoms. The highest BCUT2D eigenvalue weighted by molar-refractivity contribution is 8.76. The molecule has 11 heteroatoms. The monoisotopic (exact) mass is 516 g/mol. The van der Waals surface area contributed by atoms with E-state index in [1.165, 1.54) is 6.92 Å². The van der Waals surface area contributed by atoms with Crippen LogP contribution >= 0.6 is 21.6 Å². The molecule has 4 rings (SSSR count). The van der Waals surface area contributed by atoms with Crippen molar-refractivity contribution in [3.05, 3.63) is 71.8 Å². The summed E-state index contributed by atoms with van der Waals surface area (Å²) < 4.78 is 0. The summed E-state index contributed by atoms with van der Waals surface area (Å²) >= 11 is 0. The summed E-state index contributed by atoms with van der Waals surface area (Å²) in [7, 11) is 3.24. The Labute approximate surface area is 212 Å². The van der Waals surface area contributed by atoms with Crippen molar-refractivity contribution in [2.75, 3.05) is 37.7 Å². The van der Waals surface area contributed by atoms with Gasteiger partial charge in [0.1, 0.15) is 12.1 Å². The topological polar surface area (TPSA) is 93.6 Å². The molecule has 2 aromatic rings. The Morgan fingerprint density at radius 3 is 1.89 bits per heavy atom. The number of benzene rings is 2. The van der Waals surface area contributed by atoms with E-state index < -0.39 is 5.97 Å². The zero-order valence-corrected chi connectivity index (χ0v) is 21.0. The van der Waals surface area contributed by atoms with Crippen LogP contribution in [0.5, 0.6) is 0 Å². The van der Waals surface area contributed by atoms with Crippen molar-refractivity contribution in [3.63, 3.8) is 0 Å². The first kappa shape index (κ1) is 25.2. The highest BCUT2D eigenvalue weighted by Crippen LogP contribution is 2.32. The number of carbonyl (C=O) groups excluding carboxylic acids is 3. The predicted octanol–water partition coefficient (Wildman–Crippen LogP) is 4.19. The molecule has 2 aliphatic rings. The van der Waals surface area contributed by atoms with Crippen LogP contribution in [0.25, 0.3) is 0 Å². The summed E-state index contributed by atoms with van der Waals surface area (Å²) in [5.74, 6) is 0.864. The van der Waals surface area contributed by atoms with Crippen LogP contribution in [0.3, 0.4) is 0 Å². The van der Waals surface area contributed by atoms with Gasteiger partial charge in [-0.3, -0.25) is 10.0 Å². The van der Waals surface area contributed by atoms with Crippen molar-refractivity contribution >= 4 is 39.6 Å². The number of rotatable bonds is 10. The third-order valence-electron chi connectivity index (χ3n) is 5.86. The summed E-state index contributed by atoms with van der Waals surface area (Å²) in [6.07, 6.45) is 0. The van der Waals surface area contributed by atoms with E-state index in [2.05, 4.69) is 0 Å². The Hall–Kier alpha value is -2.89. The summed E-state index contributed by atoms with van der Waals surface area (Å²) in [4.78, 5) is 45.3. The first-order valence-corrected chi connectivity index (χ1v) is 13.8. The molecule has 2 aromatic carbocycles.